The van der Waals surface area contributed by atoms with Crippen molar-refractivity contribution in [1.82, 2.24) is 10.6 Å². The zero-order chi connectivity index (χ0) is 14.2. The van der Waals surface area contributed by atoms with E-state index in [1.165, 1.54) is 12.1 Å². The van der Waals surface area contributed by atoms with Gasteiger partial charge in [-0.25, -0.2) is 0 Å². The summed E-state index contributed by atoms with van der Waals surface area (Å²) in [4.78, 5) is 11.7. The number of para-hydroxylation sites is 1. The molecule has 1 heterocycles. The van der Waals surface area contributed by atoms with Crippen molar-refractivity contribution in [2.24, 2.45) is 5.41 Å². The standard InChI is InChI=1S/C14H16F2N2O2/c15-14(16,20-10-4-2-1-3-5-10)12(19)18-11-8-17-9-13(11)6-7-13/h1-5,11,17H,6-9H2,(H,18,19)/t11-/m0/s1. The van der Waals surface area contributed by atoms with Crippen LogP contribution in [0.3, 0.4) is 0 Å². The van der Waals surface area contributed by atoms with Gasteiger partial charge in [-0.15, -0.1) is 0 Å². The third-order valence-electron chi connectivity index (χ3n) is 4.02. The van der Waals surface area contributed by atoms with E-state index in [0.29, 0.717) is 6.54 Å². The second kappa shape index (κ2) is 4.70. The van der Waals surface area contributed by atoms with E-state index in [1.54, 1.807) is 18.2 Å². The van der Waals surface area contributed by atoms with Crippen LogP contribution in [0.2, 0.25) is 0 Å². The van der Waals surface area contributed by atoms with Gasteiger partial charge in [0.25, 0.3) is 0 Å². The van der Waals surface area contributed by atoms with Crippen LogP contribution in [0.25, 0.3) is 0 Å². The summed E-state index contributed by atoms with van der Waals surface area (Å²) in [7, 11) is 0. The molecule has 1 atom stereocenters. The summed E-state index contributed by atoms with van der Waals surface area (Å²) >= 11 is 0. The van der Waals surface area contributed by atoms with Gasteiger partial charge in [0.2, 0.25) is 0 Å². The molecule has 108 valence electrons. The van der Waals surface area contributed by atoms with Crippen molar-refractivity contribution in [3.05, 3.63) is 30.3 Å². The molecule has 0 unspecified atom stereocenters. The highest BCUT2D eigenvalue weighted by molar-refractivity contribution is 5.82. The number of hydrogen-bond acceptors (Lipinski definition) is 3. The second-order valence-electron chi connectivity index (χ2n) is 5.45. The Kier molecular flexibility index (Phi) is 3.12. The van der Waals surface area contributed by atoms with Crippen molar-refractivity contribution in [1.29, 1.82) is 0 Å². The van der Waals surface area contributed by atoms with Gasteiger partial charge < -0.3 is 15.4 Å². The van der Waals surface area contributed by atoms with E-state index >= 15 is 0 Å². The van der Waals surface area contributed by atoms with E-state index in [4.69, 9.17) is 0 Å². The van der Waals surface area contributed by atoms with Crippen molar-refractivity contribution in [2.45, 2.75) is 25.0 Å². The summed E-state index contributed by atoms with van der Waals surface area (Å²) in [6.45, 7) is 1.32. The van der Waals surface area contributed by atoms with Gasteiger partial charge in [-0.05, 0) is 25.0 Å². The van der Waals surface area contributed by atoms with Gasteiger partial charge in [-0.2, -0.15) is 8.78 Å². The number of ether oxygens (including phenoxy) is 1. The molecule has 2 fully saturated rings. The molecule has 2 N–H and O–H groups in total. The molecule has 1 aliphatic carbocycles. The average Bonchev–Trinajstić information content (AvgIpc) is 3.08. The van der Waals surface area contributed by atoms with Crippen molar-refractivity contribution >= 4 is 5.91 Å². The molecule has 1 saturated carbocycles. The van der Waals surface area contributed by atoms with Gasteiger partial charge >= 0.3 is 12.0 Å². The van der Waals surface area contributed by atoms with Gasteiger partial charge in [-0.1, -0.05) is 18.2 Å². The highest BCUT2D eigenvalue weighted by atomic mass is 19.3. The topological polar surface area (TPSA) is 50.4 Å². The molecule has 0 radical (unpaired) electrons. The fourth-order valence-electron chi connectivity index (χ4n) is 2.62. The molecule has 2 aliphatic rings. The Balaban J connectivity index is 1.63. The van der Waals surface area contributed by atoms with Crippen LogP contribution < -0.4 is 15.4 Å². The number of halogens is 2. The summed E-state index contributed by atoms with van der Waals surface area (Å²) in [5, 5.41) is 5.55. The fourth-order valence-corrected chi connectivity index (χ4v) is 2.62. The van der Waals surface area contributed by atoms with Crippen LogP contribution >= 0.6 is 0 Å². The van der Waals surface area contributed by atoms with E-state index < -0.39 is 12.0 Å². The molecule has 0 aromatic heterocycles. The Morgan fingerprint density at radius 3 is 2.70 bits per heavy atom. The van der Waals surface area contributed by atoms with Crippen LogP contribution in [0.5, 0.6) is 5.75 Å². The molecule has 1 aliphatic heterocycles. The summed E-state index contributed by atoms with van der Waals surface area (Å²) in [5.41, 5.74) is -0.0154. The molecule has 1 saturated heterocycles. The van der Waals surface area contributed by atoms with E-state index in [0.717, 1.165) is 19.4 Å². The molecule has 0 bridgehead atoms. The Labute approximate surface area is 115 Å². The largest absolute Gasteiger partial charge is 0.482 e. The summed E-state index contributed by atoms with van der Waals surface area (Å²) < 4.78 is 32.0. The molecule has 1 amide bonds. The molecule has 4 nitrogen and oxygen atoms in total. The van der Waals surface area contributed by atoms with Crippen LogP contribution in [0.4, 0.5) is 8.78 Å². The van der Waals surface area contributed by atoms with Gasteiger partial charge in [0.15, 0.2) is 0 Å². The number of benzene rings is 1. The molecule has 1 spiro atoms. The van der Waals surface area contributed by atoms with Crippen molar-refractivity contribution in [3.8, 4) is 5.75 Å². The Hall–Kier alpha value is -1.69. The van der Waals surface area contributed by atoms with Crippen molar-refractivity contribution in [2.75, 3.05) is 13.1 Å². The first kappa shape index (κ1) is 13.3. The number of carbonyl (C=O) groups is 1. The molecule has 20 heavy (non-hydrogen) atoms. The normalized spacial score (nSPS) is 23.6. The third-order valence-corrected chi connectivity index (χ3v) is 4.02. The predicted molar refractivity (Wildman–Crippen MR) is 68.5 cm³/mol. The minimum atomic E-state index is -3.86. The number of hydrogen-bond donors (Lipinski definition) is 2. The van der Waals surface area contributed by atoms with Crippen LogP contribution in [0, 0.1) is 5.41 Å². The van der Waals surface area contributed by atoms with E-state index in [9.17, 15) is 13.6 Å². The Morgan fingerprint density at radius 1 is 1.35 bits per heavy atom. The third kappa shape index (κ3) is 2.47. The number of alkyl halides is 2. The zero-order valence-corrected chi connectivity index (χ0v) is 10.9. The average molecular weight is 282 g/mol. The smallest absolute Gasteiger partial charge is 0.425 e. The molecular formula is C14H16F2N2O2. The number of carbonyl (C=O) groups excluding carboxylic acids is 1. The SMILES string of the molecule is O=C(N[C@H]1CNCC12CC2)C(F)(F)Oc1ccccc1. The van der Waals surface area contributed by atoms with E-state index in [2.05, 4.69) is 15.4 Å². The second-order valence-corrected chi connectivity index (χ2v) is 5.45. The highest BCUT2D eigenvalue weighted by Gasteiger charge is 2.55. The first-order valence-corrected chi connectivity index (χ1v) is 6.65. The van der Waals surface area contributed by atoms with Gasteiger partial charge in [0.1, 0.15) is 5.75 Å². The first-order valence-electron chi connectivity index (χ1n) is 6.65. The monoisotopic (exact) mass is 282 g/mol. The fraction of sp³-hybridized carbons (Fsp3) is 0.500. The summed E-state index contributed by atoms with van der Waals surface area (Å²) in [6, 6.07) is 7.38. The van der Waals surface area contributed by atoms with Crippen LogP contribution in [-0.4, -0.2) is 31.1 Å². The minimum absolute atomic E-state index is 0.0154. The Morgan fingerprint density at radius 2 is 2.05 bits per heavy atom. The lowest BCUT2D eigenvalue weighted by Gasteiger charge is -2.23. The minimum Gasteiger partial charge on any atom is -0.425 e. The van der Waals surface area contributed by atoms with Crippen LogP contribution in [0.1, 0.15) is 12.8 Å². The van der Waals surface area contributed by atoms with Gasteiger partial charge in [0, 0.05) is 24.5 Å². The van der Waals surface area contributed by atoms with Crippen LogP contribution in [-0.2, 0) is 4.79 Å². The summed E-state index contributed by atoms with van der Waals surface area (Å²) in [6.07, 6.45) is -1.92. The maximum atomic E-state index is 13.8. The summed E-state index contributed by atoms with van der Waals surface area (Å²) in [5.74, 6) is -1.40. The Bertz CT molecular complexity index is 503. The van der Waals surface area contributed by atoms with Crippen LogP contribution in [0.15, 0.2) is 30.3 Å². The van der Waals surface area contributed by atoms with E-state index in [-0.39, 0.29) is 17.2 Å². The van der Waals surface area contributed by atoms with Gasteiger partial charge in [-0.3, -0.25) is 4.79 Å². The quantitative estimate of drug-likeness (QED) is 0.880. The molecule has 6 heteroatoms. The first-order chi connectivity index (χ1) is 9.52. The zero-order valence-electron chi connectivity index (χ0n) is 10.9. The maximum absolute atomic E-state index is 13.8. The van der Waals surface area contributed by atoms with Crippen molar-refractivity contribution < 1.29 is 18.3 Å². The maximum Gasteiger partial charge on any atom is 0.482 e. The van der Waals surface area contributed by atoms with E-state index in [1.807, 2.05) is 0 Å². The molecule has 1 aromatic rings. The number of rotatable bonds is 4. The number of amides is 1. The van der Waals surface area contributed by atoms with Crippen molar-refractivity contribution in [3.63, 3.8) is 0 Å². The number of nitrogens with one attached hydrogen (secondary N) is 2. The molecule has 3 rings (SSSR count). The molecule has 1 aromatic carbocycles. The predicted octanol–water partition coefficient (Wildman–Crippen LogP) is 1.53. The highest BCUT2D eigenvalue weighted by Crippen LogP contribution is 2.50. The lowest BCUT2D eigenvalue weighted by molar-refractivity contribution is -0.193. The lowest BCUT2D eigenvalue weighted by Crippen LogP contribution is -2.51. The van der Waals surface area contributed by atoms with Gasteiger partial charge in [0.05, 0.1) is 0 Å². The lowest BCUT2D eigenvalue weighted by atomic mass is 10.0. The molecular weight excluding hydrogens is 266 g/mol.